The molecular formula is C36H42Cl3N5O5S. The maximum Gasteiger partial charge on any atom is 0.326 e. The van der Waals surface area contributed by atoms with Gasteiger partial charge in [-0.15, -0.1) is 12.4 Å². The van der Waals surface area contributed by atoms with Crippen LogP contribution in [0.5, 0.6) is 5.75 Å². The van der Waals surface area contributed by atoms with Gasteiger partial charge in [-0.25, -0.2) is 13.2 Å². The molecule has 0 saturated carbocycles. The van der Waals surface area contributed by atoms with Crippen molar-refractivity contribution < 1.29 is 22.7 Å². The van der Waals surface area contributed by atoms with Gasteiger partial charge in [-0.3, -0.25) is 19.6 Å². The topological polar surface area (TPSA) is 103 Å². The lowest BCUT2D eigenvalue weighted by Gasteiger charge is -2.39. The number of ether oxygens (including phenoxy) is 1. The molecule has 3 aromatic carbocycles. The van der Waals surface area contributed by atoms with Gasteiger partial charge in [0, 0.05) is 67.7 Å². The molecule has 0 radical (unpaired) electrons. The van der Waals surface area contributed by atoms with Crippen molar-refractivity contribution in [2.45, 2.75) is 31.8 Å². The van der Waals surface area contributed by atoms with E-state index < -0.39 is 21.9 Å². The van der Waals surface area contributed by atoms with E-state index in [1.54, 1.807) is 40.1 Å². The fourth-order valence-corrected chi connectivity index (χ4v) is 7.53. The number of piperazine rings is 1. The van der Waals surface area contributed by atoms with E-state index in [4.69, 9.17) is 32.9 Å². The van der Waals surface area contributed by atoms with Crippen LogP contribution in [-0.2, 0) is 9.84 Å². The average molecular weight is 763 g/mol. The lowest BCUT2D eigenvalue weighted by Crippen LogP contribution is -2.54. The highest BCUT2D eigenvalue weighted by molar-refractivity contribution is 7.90. The summed E-state index contributed by atoms with van der Waals surface area (Å²) in [6.45, 7) is 6.01. The zero-order chi connectivity index (χ0) is 34.7. The highest BCUT2D eigenvalue weighted by Gasteiger charge is 2.45. The van der Waals surface area contributed by atoms with Crippen LogP contribution in [0.3, 0.4) is 0 Å². The van der Waals surface area contributed by atoms with Crippen molar-refractivity contribution in [2.24, 2.45) is 4.99 Å². The fourth-order valence-electron chi connectivity index (χ4n) is 6.69. The SMILES string of the molecule is CCOc1ccc(C(=O)N2CCCC2)cc1C1=N[C@@H](c2ccc(Cl)cc2)[C@@H](c2ccc(Cl)cc2)N1C(=O)N1CCN(CCS(C)(=O)=O)CC1.Cl. The van der Waals surface area contributed by atoms with Gasteiger partial charge >= 0.3 is 6.03 Å². The predicted molar refractivity (Wildman–Crippen MR) is 200 cm³/mol. The van der Waals surface area contributed by atoms with Crippen LogP contribution in [0.25, 0.3) is 0 Å². The maximum absolute atomic E-state index is 14.9. The summed E-state index contributed by atoms with van der Waals surface area (Å²) in [5, 5.41) is 1.16. The van der Waals surface area contributed by atoms with Crippen LogP contribution in [0.15, 0.2) is 71.7 Å². The number of amidine groups is 1. The molecule has 2 saturated heterocycles. The minimum Gasteiger partial charge on any atom is -0.493 e. The third-order valence-electron chi connectivity index (χ3n) is 9.28. The number of likely N-dealkylation sites (tertiary alicyclic amines) is 1. The molecule has 3 aliphatic heterocycles. The summed E-state index contributed by atoms with van der Waals surface area (Å²) in [4.78, 5) is 41.2. The Labute approximate surface area is 310 Å². The first-order chi connectivity index (χ1) is 23.5. The van der Waals surface area contributed by atoms with Gasteiger partial charge in [0.25, 0.3) is 5.91 Å². The molecule has 0 unspecified atom stereocenters. The molecule has 0 spiro atoms. The van der Waals surface area contributed by atoms with Crippen LogP contribution in [0.2, 0.25) is 10.0 Å². The number of hydrogen-bond donors (Lipinski definition) is 0. The van der Waals surface area contributed by atoms with Gasteiger partial charge in [0.2, 0.25) is 0 Å². The normalized spacial score (nSPS) is 19.7. The molecule has 3 amide bonds. The third-order valence-corrected chi connectivity index (χ3v) is 10.7. The molecule has 3 heterocycles. The smallest absolute Gasteiger partial charge is 0.326 e. The van der Waals surface area contributed by atoms with Crippen LogP contribution in [0.1, 0.15) is 58.9 Å². The summed E-state index contributed by atoms with van der Waals surface area (Å²) in [6, 6.07) is 19.0. The van der Waals surface area contributed by atoms with E-state index in [-0.39, 0.29) is 30.1 Å². The standard InChI is InChI=1S/C36H41Cl2N5O5S.ClH/c1-3-48-31-15-10-27(35(44)41-16-4-5-17-41)24-30(31)34-39-32(25-6-11-28(37)12-7-25)33(26-8-13-29(38)14-9-26)43(34)36(45)42-20-18-40(19-21-42)22-23-49(2,46)47;/h6-15,24,32-33H,3-5,16-23H2,1-2H3;1H/t32-,33+;/m0./s1. The second-order valence-corrected chi connectivity index (χ2v) is 15.8. The number of aliphatic imine (C=N–C) groups is 1. The van der Waals surface area contributed by atoms with Gasteiger partial charge in [0.15, 0.2) is 0 Å². The van der Waals surface area contributed by atoms with E-state index in [9.17, 15) is 18.0 Å². The van der Waals surface area contributed by atoms with Crippen molar-refractivity contribution in [1.82, 2.24) is 19.6 Å². The lowest BCUT2D eigenvalue weighted by molar-refractivity contribution is 0.0792. The number of amides is 3. The van der Waals surface area contributed by atoms with Crippen LogP contribution >= 0.6 is 35.6 Å². The first-order valence-electron chi connectivity index (χ1n) is 16.7. The van der Waals surface area contributed by atoms with Crippen molar-refractivity contribution in [2.75, 3.05) is 64.4 Å². The zero-order valence-corrected chi connectivity index (χ0v) is 31.3. The Morgan fingerprint density at radius 2 is 1.44 bits per heavy atom. The first-order valence-corrected chi connectivity index (χ1v) is 19.5. The van der Waals surface area contributed by atoms with Crippen molar-refractivity contribution in [3.8, 4) is 5.75 Å². The van der Waals surface area contributed by atoms with Crippen LogP contribution in [-0.4, -0.2) is 110 Å². The Kier molecular flexibility index (Phi) is 12.4. The molecule has 2 fully saturated rings. The van der Waals surface area contributed by atoms with E-state index in [1.807, 2.05) is 48.2 Å². The molecular weight excluding hydrogens is 721 g/mol. The highest BCUT2D eigenvalue weighted by Crippen LogP contribution is 2.45. The summed E-state index contributed by atoms with van der Waals surface area (Å²) in [7, 11) is -3.11. The summed E-state index contributed by atoms with van der Waals surface area (Å²) in [5.41, 5.74) is 2.77. The minimum absolute atomic E-state index is 0. The maximum atomic E-state index is 14.9. The lowest BCUT2D eigenvalue weighted by atomic mass is 9.93. The zero-order valence-electron chi connectivity index (χ0n) is 28.1. The molecule has 3 aliphatic rings. The molecule has 0 aromatic heterocycles. The van der Waals surface area contributed by atoms with Crippen LogP contribution in [0, 0.1) is 0 Å². The van der Waals surface area contributed by atoms with Gasteiger partial charge in [-0.1, -0.05) is 47.5 Å². The van der Waals surface area contributed by atoms with Gasteiger partial charge in [0.1, 0.15) is 27.5 Å². The summed E-state index contributed by atoms with van der Waals surface area (Å²) >= 11 is 12.6. The summed E-state index contributed by atoms with van der Waals surface area (Å²) in [5.74, 6) is 0.933. The largest absolute Gasteiger partial charge is 0.493 e. The Bertz CT molecular complexity index is 1810. The predicted octanol–water partition coefficient (Wildman–Crippen LogP) is 6.38. The number of sulfone groups is 1. The van der Waals surface area contributed by atoms with Crippen LogP contribution in [0.4, 0.5) is 4.79 Å². The minimum atomic E-state index is -3.11. The molecule has 0 bridgehead atoms. The number of urea groups is 1. The molecule has 268 valence electrons. The third kappa shape index (κ3) is 8.57. The van der Waals surface area contributed by atoms with E-state index in [0.717, 1.165) is 24.0 Å². The number of halogens is 3. The molecule has 0 aliphatic carbocycles. The fraction of sp³-hybridized carbons (Fsp3) is 0.417. The Hall–Kier alpha value is -3.35. The van der Waals surface area contributed by atoms with Gasteiger partial charge in [-0.2, -0.15) is 0 Å². The quantitative estimate of drug-likeness (QED) is 0.251. The number of benzene rings is 3. The van der Waals surface area contributed by atoms with Crippen molar-refractivity contribution >= 4 is 63.2 Å². The second-order valence-electron chi connectivity index (χ2n) is 12.7. The summed E-state index contributed by atoms with van der Waals surface area (Å²) in [6.07, 6.45) is 3.18. The van der Waals surface area contributed by atoms with Crippen molar-refractivity contribution in [3.63, 3.8) is 0 Å². The average Bonchev–Trinajstić information content (AvgIpc) is 3.77. The molecule has 50 heavy (non-hydrogen) atoms. The monoisotopic (exact) mass is 761 g/mol. The second kappa shape index (κ2) is 16.3. The van der Waals surface area contributed by atoms with Crippen molar-refractivity contribution in [1.29, 1.82) is 0 Å². The van der Waals surface area contributed by atoms with Gasteiger partial charge in [0.05, 0.1) is 24.0 Å². The van der Waals surface area contributed by atoms with Gasteiger partial charge < -0.3 is 14.5 Å². The highest BCUT2D eigenvalue weighted by atomic mass is 35.5. The molecule has 14 heteroatoms. The van der Waals surface area contributed by atoms with Crippen molar-refractivity contribution in [3.05, 3.63) is 99.0 Å². The number of hydrogen-bond acceptors (Lipinski definition) is 7. The number of carbonyl (C=O) groups excluding carboxylic acids is 2. The van der Waals surface area contributed by atoms with E-state index >= 15 is 0 Å². The molecule has 3 aromatic rings. The summed E-state index contributed by atoms with van der Waals surface area (Å²) < 4.78 is 29.7. The molecule has 10 nitrogen and oxygen atoms in total. The number of nitrogens with zero attached hydrogens (tertiary/aromatic N) is 5. The molecule has 6 rings (SSSR count). The molecule has 2 atom stereocenters. The number of carbonyl (C=O) groups is 2. The molecule has 0 N–H and O–H groups in total. The van der Waals surface area contributed by atoms with E-state index in [2.05, 4.69) is 4.90 Å². The van der Waals surface area contributed by atoms with Crippen LogP contribution < -0.4 is 4.74 Å². The van der Waals surface area contributed by atoms with Gasteiger partial charge in [-0.05, 0) is 73.4 Å². The Morgan fingerprint density at radius 3 is 2.02 bits per heavy atom. The Morgan fingerprint density at radius 1 is 0.840 bits per heavy atom. The number of rotatable bonds is 9. The Balaban J connectivity index is 0.00000486. The van der Waals surface area contributed by atoms with E-state index in [0.29, 0.717) is 85.2 Å². The van der Waals surface area contributed by atoms with E-state index in [1.165, 1.54) is 6.26 Å². The first kappa shape index (κ1) is 37.9.